The zero-order valence-electron chi connectivity index (χ0n) is 11.2. The molecule has 3 rings (SSSR count). The first kappa shape index (κ1) is 13.6. The zero-order valence-corrected chi connectivity index (χ0v) is 12.8. The molecule has 3 heteroatoms. The van der Waals surface area contributed by atoms with Gasteiger partial charge in [-0.2, -0.15) is 0 Å². The molecule has 2 fully saturated rings. The lowest BCUT2D eigenvalue weighted by atomic mass is 9.82. The number of nitrogens with one attached hydrogen (secondary N) is 1. The topological polar surface area (TPSA) is 12.0 Å². The molecule has 104 valence electrons. The SMILES string of the molecule is Fc1ccc(Br)cc1CNC1CCCC(C2CC2)C1. The molecule has 0 saturated heterocycles. The van der Waals surface area contributed by atoms with Crippen LogP contribution >= 0.6 is 15.9 Å². The van der Waals surface area contributed by atoms with Crippen molar-refractivity contribution in [3.05, 3.63) is 34.1 Å². The molecule has 0 heterocycles. The fraction of sp³-hybridized carbons (Fsp3) is 0.625. The number of hydrogen-bond acceptors (Lipinski definition) is 1. The monoisotopic (exact) mass is 325 g/mol. The largest absolute Gasteiger partial charge is 0.310 e. The van der Waals surface area contributed by atoms with Crippen molar-refractivity contribution in [2.24, 2.45) is 11.8 Å². The van der Waals surface area contributed by atoms with E-state index in [-0.39, 0.29) is 5.82 Å². The van der Waals surface area contributed by atoms with Crippen molar-refractivity contribution >= 4 is 15.9 Å². The summed E-state index contributed by atoms with van der Waals surface area (Å²) in [5, 5.41) is 3.56. The molecule has 0 bridgehead atoms. The molecule has 0 aliphatic heterocycles. The van der Waals surface area contributed by atoms with Crippen LogP contribution in [0.1, 0.15) is 44.1 Å². The van der Waals surface area contributed by atoms with Gasteiger partial charge in [0.25, 0.3) is 0 Å². The molecular weight excluding hydrogens is 305 g/mol. The van der Waals surface area contributed by atoms with Crippen LogP contribution in [0.25, 0.3) is 0 Å². The predicted molar refractivity (Wildman–Crippen MR) is 79.4 cm³/mol. The number of rotatable bonds is 4. The molecule has 1 N–H and O–H groups in total. The number of hydrogen-bond donors (Lipinski definition) is 1. The second kappa shape index (κ2) is 5.92. The molecular formula is C16H21BrFN. The molecule has 2 saturated carbocycles. The van der Waals surface area contributed by atoms with E-state index in [0.29, 0.717) is 12.6 Å². The fourth-order valence-electron chi connectivity index (χ4n) is 3.34. The molecule has 2 aliphatic rings. The summed E-state index contributed by atoms with van der Waals surface area (Å²) in [6.45, 7) is 0.646. The maximum Gasteiger partial charge on any atom is 0.127 e. The molecule has 2 aliphatic carbocycles. The Morgan fingerprint density at radius 1 is 1.16 bits per heavy atom. The molecule has 1 aromatic carbocycles. The van der Waals surface area contributed by atoms with E-state index in [4.69, 9.17) is 0 Å². The minimum Gasteiger partial charge on any atom is -0.310 e. The average molecular weight is 326 g/mol. The summed E-state index contributed by atoms with van der Waals surface area (Å²) >= 11 is 3.40. The smallest absolute Gasteiger partial charge is 0.127 e. The second-order valence-electron chi connectivity index (χ2n) is 6.08. The van der Waals surface area contributed by atoms with Gasteiger partial charge in [0.05, 0.1) is 0 Å². The van der Waals surface area contributed by atoms with Crippen molar-refractivity contribution < 1.29 is 4.39 Å². The van der Waals surface area contributed by atoms with Gasteiger partial charge in [0, 0.05) is 22.6 Å². The third-order valence-electron chi connectivity index (χ3n) is 4.59. The first-order valence-corrected chi connectivity index (χ1v) is 8.19. The highest BCUT2D eigenvalue weighted by molar-refractivity contribution is 9.10. The van der Waals surface area contributed by atoms with Gasteiger partial charge in [-0.3, -0.25) is 0 Å². The van der Waals surface area contributed by atoms with Crippen molar-refractivity contribution in [2.75, 3.05) is 0 Å². The van der Waals surface area contributed by atoms with Gasteiger partial charge in [0.2, 0.25) is 0 Å². The Bertz CT molecular complexity index is 444. The molecule has 2 unspecified atom stereocenters. The van der Waals surface area contributed by atoms with Crippen LogP contribution in [0.5, 0.6) is 0 Å². The van der Waals surface area contributed by atoms with Crippen molar-refractivity contribution in [2.45, 2.75) is 51.1 Å². The van der Waals surface area contributed by atoms with Crippen molar-refractivity contribution in [3.8, 4) is 0 Å². The van der Waals surface area contributed by atoms with E-state index >= 15 is 0 Å². The van der Waals surface area contributed by atoms with Gasteiger partial charge in [-0.25, -0.2) is 4.39 Å². The minimum atomic E-state index is -0.106. The zero-order chi connectivity index (χ0) is 13.2. The van der Waals surface area contributed by atoms with Gasteiger partial charge < -0.3 is 5.32 Å². The Morgan fingerprint density at radius 3 is 2.79 bits per heavy atom. The van der Waals surface area contributed by atoms with Crippen LogP contribution in [-0.2, 0) is 6.54 Å². The number of benzene rings is 1. The summed E-state index contributed by atoms with van der Waals surface area (Å²) in [5.41, 5.74) is 0.767. The summed E-state index contributed by atoms with van der Waals surface area (Å²) in [4.78, 5) is 0. The Hall–Kier alpha value is -0.410. The Morgan fingerprint density at radius 2 is 2.00 bits per heavy atom. The third kappa shape index (κ3) is 3.57. The van der Waals surface area contributed by atoms with Gasteiger partial charge >= 0.3 is 0 Å². The van der Waals surface area contributed by atoms with E-state index in [0.717, 1.165) is 21.9 Å². The molecule has 19 heavy (non-hydrogen) atoms. The van der Waals surface area contributed by atoms with Gasteiger partial charge in [0.1, 0.15) is 5.82 Å². The van der Waals surface area contributed by atoms with E-state index in [1.807, 2.05) is 6.07 Å². The van der Waals surface area contributed by atoms with E-state index < -0.39 is 0 Å². The highest BCUT2D eigenvalue weighted by atomic mass is 79.9. The van der Waals surface area contributed by atoms with Crippen LogP contribution in [0, 0.1) is 17.7 Å². The van der Waals surface area contributed by atoms with E-state index in [1.54, 1.807) is 6.07 Å². The van der Waals surface area contributed by atoms with Crippen LogP contribution < -0.4 is 5.32 Å². The minimum absolute atomic E-state index is 0.106. The van der Waals surface area contributed by atoms with Gasteiger partial charge in [-0.05, 0) is 55.7 Å². The quantitative estimate of drug-likeness (QED) is 0.849. The summed E-state index contributed by atoms with van der Waals surface area (Å²) in [5.74, 6) is 1.83. The molecule has 2 atom stereocenters. The van der Waals surface area contributed by atoms with Crippen LogP contribution in [0.4, 0.5) is 4.39 Å². The van der Waals surface area contributed by atoms with E-state index in [9.17, 15) is 4.39 Å². The van der Waals surface area contributed by atoms with Crippen LogP contribution in [-0.4, -0.2) is 6.04 Å². The predicted octanol–water partition coefficient (Wildman–Crippen LogP) is 4.65. The molecule has 0 radical (unpaired) electrons. The highest BCUT2D eigenvalue weighted by Gasteiger charge is 2.34. The Kier molecular flexibility index (Phi) is 4.23. The molecule has 1 aromatic rings. The summed E-state index contributed by atoms with van der Waals surface area (Å²) in [6, 6.07) is 5.75. The normalized spacial score (nSPS) is 27.5. The fourth-order valence-corrected chi connectivity index (χ4v) is 3.75. The number of halogens is 2. The van der Waals surface area contributed by atoms with Crippen molar-refractivity contribution in [1.82, 2.24) is 5.32 Å². The molecule has 0 amide bonds. The van der Waals surface area contributed by atoms with Crippen molar-refractivity contribution in [3.63, 3.8) is 0 Å². The Balaban J connectivity index is 1.54. The summed E-state index contributed by atoms with van der Waals surface area (Å²) in [6.07, 6.45) is 8.17. The van der Waals surface area contributed by atoms with Gasteiger partial charge in [-0.15, -0.1) is 0 Å². The highest BCUT2D eigenvalue weighted by Crippen LogP contribution is 2.43. The molecule has 1 nitrogen and oxygen atoms in total. The van der Waals surface area contributed by atoms with Crippen molar-refractivity contribution in [1.29, 1.82) is 0 Å². The lowest BCUT2D eigenvalue weighted by molar-refractivity contribution is 0.259. The summed E-state index contributed by atoms with van der Waals surface area (Å²) in [7, 11) is 0. The average Bonchev–Trinajstić information content (AvgIpc) is 3.25. The van der Waals surface area contributed by atoms with Gasteiger partial charge in [0.15, 0.2) is 0 Å². The van der Waals surface area contributed by atoms with Gasteiger partial charge in [-0.1, -0.05) is 28.8 Å². The Labute approximate surface area is 123 Å². The maximum absolute atomic E-state index is 13.7. The maximum atomic E-state index is 13.7. The first-order chi connectivity index (χ1) is 9.22. The van der Waals surface area contributed by atoms with Crippen LogP contribution in [0.15, 0.2) is 22.7 Å². The van der Waals surface area contributed by atoms with Crippen LogP contribution in [0.2, 0.25) is 0 Å². The van der Waals surface area contributed by atoms with E-state index in [1.165, 1.54) is 44.6 Å². The molecule has 0 spiro atoms. The lowest BCUT2D eigenvalue weighted by Crippen LogP contribution is -2.34. The van der Waals surface area contributed by atoms with Crippen LogP contribution in [0.3, 0.4) is 0 Å². The second-order valence-corrected chi connectivity index (χ2v) is 6.99. The molecule has 0 aromatic heterocycles. The summed E-state index contributed by atoms with van der Waals surface area (Å²) < 4.78 is 14.6. The third-order valence-corrected chi connectivity index (χ3v) is 5.09. The lowest BCUT2D eigenvalue weighted by Gasteiger charge is -2.30. The first-order valence-electron chi connectivity index (χ1n) is 7.39. The standard InChI is InChI=1S/C16H21BrFN/c17-14-6-7-16(18)13(8-14)10-19-15-3-1-2-12(9-15)11-4-5-11/h6-8,11-12,15,19H,1-5,9-10H2. The van der Waals surface area contributed by atoms with E-state index in [2.05, 4.69) is 21.2 Å².